The first kappa shape index (κ1) is 21.5. The molecule has 0 amide bonds. The molecule has 2 nitrogen and oxygen atoms in total. The molecule has 4 aliphatic carbocycles. The van der Waals surface area contributed by atoms with Crippen molar-refractivity contribution >= 4 is 0 Å². The van der Waals surface area contributed by atoms with Crippen molar-refractivity contribution in [3.05, 3.63) is 0 Å². The van der Waals surface area contributed by atoms with Crippen molar-refractivity contribution in [2.45, 2.75) is 109 Å². The second-order valence-electron chi connectivity index (χ2n) is 14.5. The van der Waals surface area contributed by atoms with Crippen molar-refractivity contribution in [1.29, 1.82) is 0 Å². The lowest BCUT2D eigenvalue weighted by Crippen LogP contribution is -2.61. The molecule has 0 spiro atoms. The summed E-state index contributed by atoms with van der Waals surface area (Å²) in [6, 6.07) is 1.96. The number of likely N-dealkylation sites (tertiary alicyclic amines) is 2. The molecule has 2 heteroatoms. The van der Waals surface area contributed by atoms with E-state index >= 15 is 0 Å². The van der Waals surface area contributed by atoms with Crippen molar-refractivity contribution in [2.24, 2.45) is 34.5 Å². The van der Waals surface area contributed by atoms with E-state index in [-0.39, 0.29) is 0 Å². The molecule has 0 unspecified atom stereocenters. The smallest absolute Gasteiger partial charge is 0.0945 e. The van der Waals surface area contributed by atoms with Crippen LogP contribution in [-0.2, 0) is 0 Å². The maximum atomic E-state index is 2.79. The van der Waals surface area contributed by atoms with Crippen LogP contribution in [0, 0.1) is 34.5 Å². The van der Waals surface area contributed by atoms with Crippen molar-refractivity contribution < 1.29 is 8.97 Å². The fourth-order valence-electron chi connectivity index (χ4n) is 11.6. The fraction of sp³-hybridized carbons (Fsp3) is 1.00. The van der Waals surface area contributed by atoms with Crippen LogP contribution < -0.4 is 0 Å². The van der Waals surface area contributed by atoms with Crippen molar-refractivity contribution in [3.8, 4) is 0 Å². The summed E-state index contributed by atoms with van der Waals surface area (Å²) in [7, 11) is 5.25. The van der Waals surface area contributed by atoms with E-state index in [4.69, 9.17) is 0 Å². The quantitative estimate of drug-likeness (QED) is 0.456. The highest BCUT2D eigenvalue weighted by Gasteiger charge is 2.64. The summed E-state index contributed by atoms with van der Waals surface area (Å²) in [5, 5.41) is 0. The predicted molar refractivity (Wildman–Crippen MR) is 130 cm³/mol. The summed E-state index contributed by atoms with van der Waals surface area (Å²) in [5.74, 6) is 4.20. The molecule has 6 rings (SSSR count). The van der Waals surface area contributed by atoms with Crippen LogP contribution in [0.4, 0.5) is 0 Å². The second kappa shape index (κ2) is 7.21. The molecule has 0 bridgehead atoms. The minimum Gasteiger partial charge on any atom is -0.324 e. The first-order valence-electron chi connectivity index (χ1n) is 14.5. The average Bonchev–Trinajstić information content (AvgIpc) is 3.46. The third-order valence-electron chi connectivity index (χ3n) is 13.4. The van der Waals surface area contributed by atoms with E-state index in [1.54, 1.807) is 51.4 Å². The van der Waals surface area contributed by atoms with E-state index in [1.165, 1.54) is 67.2 Å². The zero-order valence-corrected chi connectivity index (χ0v) is 21.4. The van der Waals surface area contributed by atoms with Gasteiger partial charge in [-0.1, -0.05) is 13.8 Å². The highest BCUT2D eigenvalue weighted by Crippen LogP contribution is 2.67. The van der Waals surface area contributed by atoms with Crippen LogP contribution in [0.3, 0.4) is 0 Å². The van der Waals surface area contributed by atoms with E-state index < -0.39 is 0 Å². The molecule has 2 saturated heterocycles. The lowest BCUT2D eigenvalue weighted by atomic mass is 9.44. The first-order valence-corrected chi connectivity index (χ1v) is 14.5. The number of quaternary nitrogens is 2. The number of rotatable bonds is 2. The zero-order chi connectivity index (χ0) is 21.5. The number of hydrogen-bond acceptors (Lipinski definition) is 0. The van der Waals surface area contributed by atoms with Gasteiger partial charge < -0.3 is 8.97 Å². The number of hydrogen-bond donors (Lipinski definition) is 0. The summed E-state index contributed by atoms with van der Waals surface area (Å²) in [5.41, 5.74) is 1.32. The predicted octanol–water partition coefficient (Wildman–Crippen LogP) is 6.25. The molecule has 31 heavy (non-hydrogen) atoms. The molecule has 4 saturated carbocycles. The van der Waals surface area contributed by atoms with Gasteiger partial charge in [0.1, 0.15) is 0 Å². The molecule has 0 radical (unpaired) electrons. The molecular formula is C29H52N2+2. The lowest BCUT2D eigenvalue weighted by molar-refractivity contribution is -0.928. The average molecular weight is 429 g/mol. The van der Waals surface area contributed by atoms with E-state index in [9.17, 15) is 0 Å². The van der Waals surface area contributed by atoms with Crippen LogP contribution in [0.15, 0.2) is 0 Å². The number of nitrogens with zero attached hydrogens (tertiary/aromatic N) is 2. The van der Waals surface area contributed by atoms with Gasteiger partial charge >= 0.3 is 0 Å². The number of fused-ring (bicyclic) bond motifs is 5. The van der Waals surface area contributed by atoms with Gasteiger partial charge in [0.25, 0.3) is 0 Å². The molecule has 8 atom stereocenters. The Morgan fingerprint density at radius 1 is 0.613 bits per heavy atom. The summed E-state index contributed by atoms with van der Waals surface area (Å²) in [6.07, 6.45) is 20.0. The molecule has 0 aromatic carbocycles. The standard InChI is InChI=1S/C29H52N2/c1-28-15-13-23(30(3)17-5-6-18-30)21-22(28)9-10-24-25-11-12-27(31(4)19-7-8-20-31)29(25,2)16-14-26(24)28/h22-27H,5-21H2,1-4H3/q+2/t22-,23-,24+,25+,26+,27+,28+,29+/m1/s1. The van der Waals surface area contributed by atoms with Gasteiger partial charge in [0.05, 0.1) is 52.4 Å². The summed E-state index contributed by atoms with van der Waals surface area (Å²) in [6.45, 7) is 11.5. The van der Waals surface area contributed by atoms with E-state index in [0.29, 0.717) is 10.8 Å². The van der Waals surface area contributed by atoms with Crippen molar-refractivity contribution in [3.63, 3.8) is 0 Å². The molecule has 2 aliphatic heterocycles. The van der Waals surface area contributed by atoms with Gasteiger partial charge in [-0.25, -0.2) is 0 Å². The Kier molecular flexibility index (Phi) is 4.99. The molecule has 0 N–H and O–H groups in total. The largest absolute Gasteiger partial charge is 0.324 e. The Morgan fingerprint density at radius 2 is 1.23 bits per heavy atom. The normalized spacial score (nSPS) is 53.0. The van der Waals surface area contributed by atoms with Crippen molar-refractivity contribution in [2.75, 3.05) is 40.3 Å². The van der Waals surface area contributed by atoms with Crippen LogP contribution in [-0.4, -0.2) is 61.3 Å². The van der Waals surface area contributed by atoms with Crippen LogP contribution in [0.1, 0.15) is 97.3 Å². The van der Waals surface area contributed by atoms with Gasteiger partial charge in [-0.15, -0.1) is 0 Å². The van der Waals surface area contributed by atoms with Gasteiger partial charge in [0, 0.05) is 43.9 Å². The van der Waals surface area contributed by atoms with Crippen LogP contribution >= 0.6 is 0 Å². The van der Waals surface area contributed by atoms with E-state index in [2.05, 4.69) is 27.9 Å². The topological polar surface area (TPSA) is 0 Å². The minimum atomic E-state index is 0.648. The highest BCUT2D eigenvalue weighted by atomic mass is 15.4. The Balaban J connectivity index is 1.21. The monoisotopic (exact) mass is 428 g/mol. The van der Waals surface area contributed by atoms with Crippen LogP contribution in [0.25, 0.3) is 0 Å². The van der Waals surface area contributed by atoms with Gasteiger partial charge in [-0.2, -0.15) is 0 Å². The van der Waals surface area contributed by atoms with Crippen LogP contribution in [0.2, 0.25) is 0 Å². The highest BCUT2D eigenvalue weighted by molar-refractivity contribution is 5.10. The van der Waals surface area contributed by atoms with Gasteiger partial charge in [0.2, 0.25) is 0 Å². The summed E-state index contributed by atoms with van der Waals surface area (Å²) in [4.78, 5) is 0. The Labute approximate surface area is 193 Å². The zero-order valence-electron chi connectivity index (χ0n) is 21.4. The molecule has 6 aliphatic rings. The van der Waals surface area contributed by atoms with Gasteiger partial charge in [-0.3, -0.25) is 0 Å². The van der Waals surface area contributed by atoms with Gasteiger partial charge in [-0.05, 0) is 74.0 Å². The lowest BCUT2D eigenvalue weighted by Gasteiger charge is -2.62. The maximum Gasteiger partial charge on any atom is 0.0945 e. The second-order valence-corrected chi connectivity index (χ2v) is 14.5. The molecular weight excluding hydrogens is 376 g/mol. The Bertz CT molecular complexity index is 689. The third-order valence-corrected chi connectivity index (χ3v) is 13.4. The third kappa shape index (κ3) is 3.02. The molecule has 176 valence electrons. The van der Waals surface area contributed by atoms with Gasteiger partial charge in [0.15, 0.2) is 0 Å². The Morgan fingerprint density at radius 3 is 1.94 bits per heavy atom. The molecule has 2 heterocycles. The van der Waals surface area contributed by atoms with Crippen LogP contribution in [0.5, 0.6) is 0 Å². The maximum absolute atomic E-state index is 2.79. The van der Waals surface area contributed by atoms with Crippen molar-refractivity contribution in [1.82, 2.24) is 0 Å². The molecule has 0 aromatic heterocycles. The van der Waals surface area contributed by atoms with E-state index in [1.807, 2.05) is 0 Å². The molecule has 0 aromatic rings. The molecule has 6 fully saturated rings. The Hall–Kier alpha value is -0.0800. The SMILES string of the molecule is C[C@]12CC[C@@H]([N+]3(C)CCCC3)C[C@H]1CC[C@@H]1[C@@H]2CC[C@@]2(C)[C@H]1CC[C@@H]2[N+]1(C)CCCC1. The summed E-state index contributed by atoms with van der Waals surface area (Å²) < 4.78 is 2.86. The first-order chi connectivity index (χ1) is 14.8. The summed E-state index contributed by atoms with van der Waals surface area (Å²) >= 11 is 0. The minimum absolute atomic E-state index is 0.648. The van der Waals surface area contributed by atoms with E-state index in [0.717, 1.165) is 35.8 Å². The fourth-order valence-corrected chi connectivity index (χ4v) is 11.6.